The minimum Gasteiger partial charge on any atom is -0.461 e. The van der Waals surface area contributed by atoms with E-state index in [1.54, 1.807) is 31.5 Å². The number of aromatic nitrogens is 2. The number of nitrogens with zero attached hydrogens (tertiary/aromatic N) is 3. The molecule has 0 bridgehead atoms. The molecule has 0 radical (unpaired) electrons. The molecule has 4 rings (SSSR count). The van der Waals surface area contributed by atoms with Crippen molar-refractivity contribution in [2.75, 3.05) is 12.4 Å². The molecule has 8 nitrogen and oxygen atoms in total. The zero-order chi connectivity index (χ0) is 17.4. The zero-order valence-electron chi connectivity index (χ0n) is 13.4. The van der Waals surface area contributed by atoms with Crippen LogP contribution in [0.1, 0.15) is 12.8 Å². The van der Waals surface area contributed by atoms with Crippen LogP contribution in [0.25, 0.3) is 22.6 Å². The molecule has 0 saturated carbocycles. The standard InChI is InChI=1S/C17H15N5O3/c1-22-15(23)7-6-12(21-22)17(24)18-10-4-5-11-13(9-10)20-16(19-11)14-3-2-8-25-14/h2-5,8-9H,6-7H2,1H3,(H,18,24)(H,19,20). The fraction of sp³-hybridized carbons (Fsp3) is 0.176. The summed E-state index contributed by atoms with van der Waals surface area (Å²) >= 11 is 0. The van der Waals surface area contributed by atoms with Crippen molar-refractivity contribution in [2.24, 2.45) is 5.10 Å². The van der Waals surface area contributed by atoms with E-state index in [9.17, 15) is 9.59 Å². The summed E-state index contributed by atoms with van der Waals surface area (Å²) in [6.45, 7) is 0. The lowest BCUT2D eigenvalue weighted by Gasteiger charge is -2.18. The summed E-state index contributed by atoms with van der Waals surface area (Å²) in [5, 5.41) is 8.02. The first-order chi connectivity index (χ1) is 12.1. The molecule has 1 aliphatic heterocycles. The highest BCUT2D eigenvalue weighted by Gasteiger charge is 2.22. The number of benzene rings is 1. The van der Waals surface area contributed by atoms with Crippen molar-refractivity contribution in [3.8, 4) is 11.6 Å². The monoisotopic (exact) mass is 337 g/mol. The number of amides is 2. The van der Waals surface area contributed by atoms with Crippen molar-refractivity contribution < 1.29 is 14.0 Å². The summed E-state index contributed by atoms with van der Waals surface area (Å²) in [7, 11) is 1.54. The zero-order valence-corrected chi connectivity index (χ0v) is 13.4. The van der Waals surface area contributed by atoms with E-state index in [-0.39, 0.29) is 18.2 Å². The second-order valence-electron chi connectivity index (χ2n) is 5.71. The van der Waals surface area contributed by atoms with E-state index in [0.717, 1.165) is 11.0 Å². The molecule has 0 fully saturated rings. The molecule has 3 heterocycles. The number of aromatic amines is 1. The van der Waals surface area contributed by atoms with Crippen molar-refractivity contribution in [3.63, 3.8) is 0 Å². The van der Waals surface area contributed by atoms with Crippen LogP contribution in [0.2, 0.25) is 0 Å². The van der Waals surface area contributed by atoms with Crippen LogP contribution in [-0.4, -0.2) is 39.6 Å². The molecule has 8 heteroatoms. The molecule has 3 aromatic rings. The van der Waals surface area contributed by atoms with Crippen molar-refractivity contribution in [2.45, 2.75) is 12.8 Å². The number of carbonyl (C=O) groups is 2. The Morgan fingerprint density at radius 2 is 2.20 bits per heavy atom. The third kappa shape index (κ3) is 2.89. The van der Waals surface area contributed by atoms with Gasteiger partial charge in [-0.2, -0.15) is 5.10 Å². The van der Waals surface area contributed by atoms with Gasteiger partial charge in [-0.25, -0.2) is 9.99 Å². The van der Waals surface area contributed by atoms with Gasteiger partial charge in [0.25, 0.3) is 5.91 Å². The van der Waals surface area contributed by atoms with E-state index >= 15 is 0 Å². The smallest absolute Gasteiger partial charge is 0.271 e. The van der Waals surface area contributed by atoms with E-state index in [4.69, 9.17) is 4.42 Å². The highest BCUT2D eigenvalue weighted by atomic mass is 16.3. The van der Waals surface area contributed by atoms with E-state index in [2.05, 4.69) is 20.4 Å². The Morgan fingerprint density at radius 1 is 1.32 bits per heavy atom. The Balaban J connectivity index is 1.57. The fourth-order valence-electron chi connectivity index (χ4n) is 2.65. The number of hydrogen-bond donors (Lipinski definition) is 2. The van der Waals surface area contributed by atoms with Gasteiger partial charge in [0.1, 0.15) is 5.71 Å². The van der Waals surface area contributed by atoms with Crippen molar-refractivity contribution >= 4 is 34.2 Å². The van der Waals surface area contributed by atoms with Crippen molar-refractivity contribution in [1.29, 1.82) is 0 Å². The molecule has 0 spiro atoms. The van der Waals surface area contributed by atoms with Crippen LogP contribution in [0.4, 0.5) is 5.69 Å². The Morgan fingerprint density at radius 3 is 2.96 bits per heavy atom. The van der Waals surface area contributed by atoms with Gasteiger partial charge in [0.05, 0.1) is 17.3 Å². The molecule has 2 amide bonds. The van der Waals surface area contributed by atoms with Gasteiger partial charge in [0.15, 0.2) is 11.6 Å². The van der Waals surface area contributed by atoms with Gasteiger partial charge in [0.2, 0.25) is 5.91 Å². The van der Waals surface area contributed by atoms with Gasteiger partial charge < -0.3 is 14.7 Å². The highest BCUT2D eigenvalue weighted by Crippen LogP contribution is 2.23. The molecule has 25 heavy (non-hydrogen) atoms. The molecule has 2 N–H and O–H groups in total. The minimum atomic E-state index is -0.315. The van der Waals surface area contributed by atoms with E-state index in [1.807, 2.05) is 12.1 Å². The number of hydrazone groups is 1. The topological polar surface area (TPSA) is 104 Å². The maximum absolute atomic E-state index is 12.3. The van der Waals surface area contributed by atoms with Crippen LogP contribution in [0.15, 0.2) is 46.1 Å². The Hall–Kier alpha value is -3.42. The summed E-state index contributed by atoms with van der Waals surface area (Å²) in [6.07, 6.45) is 2.21. The number of H-pyrrole nitrogens is 1. The third-order valence-corrected chi connectivity index (χ3v) is 3.96. The van der Waals surface area contributed by atoms with Crippen LogP contribution in [0.3, 0.4) is 0 Å². The predicted octanol–water partition coefficient (Wildman–Crippen LogP) is 2.37. The molecular formula is C17H15N5O3. The summed E-state index contributed by atoms with van der Waals surface area (Å²) in [5.74, 6) is 0.858. The maximum atomic E-state index is 12.3. The molecule has 1 aromatic carbocycles. The first kappa shape index (κ1) is 15.1. The maximum Gasteiger partial charge on any atom is 0.271 e. The van der Waals surface area contributed by atoms with Gasteiger partial charge in [-0.15, -0.1) is 0 Å². The average molecular weight is 337 g/mol. The van der Waals surface area contributed by atoms with Gasteiger partial charge >= 0.3 is 0 Å². The molecule has 0 aliphatic carbocycles. The first-order valence-corrected chi connectivity index (χ1v) is 7.79. The Labute approximate surface area is 142 Å². The van der Waals surface area contributed by atoms with Crippen LogP contribution < -0.4 is 5.32 Å². The third-order valence-electron chi connectivity index (χ3n) is 3.96. The molecule has 0 saturated heterocycles. The quantitative estimate of drug-likeness (QED) is 0.765. The number of fused-ring (bicyclic) bond motifs is 1. The molecule has 0 atom stereocenters. The van der Waals surface area contributed by atoms with Crippen molar-refractivity contribution in [1.82, 2.24) is 15.0 Å². The van der Waals surface area contributed by atoms with Crippen molar-refractivity contribution in [3.05, 3.63) is 36.6 Å². The Bertz CT molecular complexity index is 987. The average Bonchev–Trinajstić information content (AvgIpc) is 3.25. The summed E-state index contributed by atoms with van der Waals surface area (Å²) < 4.78 is 5.33. The molecule has 0 unspecified atom stereocenters. The number of rotatable bonds is 3. The fourth-order valence-corrected chi connectivity index (χ4v) is 2.65. The van der Waals surface area contributed by atoms with E-state index in [0.29, 0.717) is 29.4 Å². The van der Waals surface area contributed by atoms with Crippen LogP contribution >= 0.6 is 0 Å². The van der Waals surface area contributed by atoms with Gasteiger partial charge in [-0.05, 0) is 30.3 Å². The van der Waals surface area contributed by atoms with Crippen LogP contribution in [0.5, 0.6) is 0 Å². The van der Waals surface area contributed by atoms with Crippen LogP contribution in [-0.2, 0) is 9.59 Å². The predicted molar refractivity (Wildman–Crippen MR) is 91.9 cm³/mol. The number of imidazole rings is 1. The second kappa shape index (κ2) is 5.90. The van der Waals surface area contributed by atoms with Gasteiger partial charge in [-0.3, -0.25) is 9.59 Å². The molecule has 1 aliphatic rings. The molecule has 126 valence electrons. The van der Waals surface area contributed by atoms with Crippen LogP contribution in [0, 0.1) is 0 Å². The molecule has 2 aromatic heterocycles. The minimum absolute atomic E-state index is 0.0964. The number of nitrogens with one attached hydrogen (secondary N) is 2. The Kier molecular flexibility index (Phi) is 3.57. The van der Waals surface area contributed by atoms with Gasteiger partial charge in [0, 0.05) is 25.6 Å². The van der Waals surface area contributed by atoms with Gasteiger partial charge in [-0.1, -0.05) is 0 Å². The summed E-state index contributed by atoms with van der Waals surface area (Å²) in [5.41, 5.74) is 2.50. The van der Waals surface area contributed by atoms with E-state index < -0.39 is 0 Å². The summed E-state index contributed by atoms with van der Waals surface area (Å²) in [6, 6.07) is 8.99. The number of hydrogen-bond acceptors (Lipinski definition) is 5. The summed E-state index contributed by atoms with van der Waals surface area (Å²) in [4.78, 5) is 31.4. The lowest BCUT2D eigenvalue weighted by molar-refractivity contribution is -0.130. The molecular weight excluding hydrogens is 322 g/mol. The normalized spacial score (nSPS) is 14.7. The largest absolute Gasteiger partial charge is 0.461 e. The lowest BCUT2D eigenvalue weighted by Crippen LogP contribution is -2.34. The highest BCUT2D eigenvalue weighted by molar-refractivity contribution is 6.43. The van der Waals surface area contributed by atoms with E-state index in [1.165, 1.54) is 5.01 Å². The number of carbonyl (C=O) groups excluding carboxylic acids is 2. The number of anilines is 1. The first-order valence-electron chi connectivity index (χ1n) is 7.79. The SMILES string of the molecule is CN1N=C(C(=O)Nc2ccc3nc(-c4ccco4)[nH]c3c2)CCC1=O. The second-order valence-corrected chi connectivity index (χ2v) is 5.71. The number of furan rings is 1. The lowest BCUT2D eigenvalue weighted by atomic mass is 10.1.